The highest BCUT2D eigenvalue weighted by Crippen LogP contribution is 2.10. The van der Waals surface area contributed by atoms with Crippen molar-refractivity contribution in [2.75, 3.05) is 0 Å². The first-order chi connectivity index (χ1) is 6.69. The summed E-state index contributed by atoms with van der Waals surface area (Å²) in [6, 6.07) is 0. The van der Waals surface area contributed by atoms with Gasteiger partial charge in [-0.25, -0.2) is 0 Å². The highest BCUT2D eigenvalue weighted by molar-refractivity contribution is 7.71. The fourth-order valence-electron chi connectivity index (χ4n) is 1.42. The maximum atomic E-state index is 5.17. The van der Waals surface area contributed by atoms with Gasteiger partial charge in [-0.3, -0.25) is 5.10 Å². The molecular weight excluding hydrogens is 194 g/mol. The molecule has 0 amide bonds. The van der Waals surface area contributed by atoms with Crippen LogP contribution in [0.25, 0.3) is 0 Å². The minimum absolute atomic E-state index is 0.677. The third-order valence-corrected chi connectivity index (χ3v) is 2.82. The van der Waals surface area contributed by atoms with E-state index in [1.807, 2.05) is 0 Å². The summed E-state index contributed by atoms with van der Waals surface area (Å²) in [7, 11) is 0. The summed E-state index contributed by atoms with van der Waals surface area (Å²) in [5, 5.41) is 7.14. The number of aromatic nitrogens is 3. The lowest BCUT2D eigenvalue weighted by molar-refractivity contribution is 0.515. The van der Waals surface area contributed by atoms with Gasteiger partial charge in [-0.15, -0.1) is 0 Å². The van der Waals surface area contributed by atoms with Crippen LogP contribution in [-0.4, -0.2) is 14.8 Å². The fourth-order valence-corrected chi connectivity index (χ4v) is 1.66. The first-order valence-electron chi connectivity index (χ1n) is 5.33. The van der Waals surface area contributed by atoms with Crippen molar-refractivity contribution in [2.24, 2.45) is 5.92 Å². The van der Waals surface area contributed by atoms with Crippen molar-refractivity contribution in [2.45, 2.75) is 46.6 Å². The number of nitrogens with one attached hydrogen (secondary N) is 1. The van der Waals surface area contributed by atoms with Gasteiger partial charge < -0.3 is 4.57 Å². The third-order valence-electron chi connectivity index (χ3n) is 2.51. The number of aromatic amines is 1. The molecule has 0 bridgehead atoms. The molecule has 1 heterocycles. The van der Waals surface area contributed by atoms with E-state index in [1.165, 1.54) is 6.42 Å². The van der Waals surface area contributed by atoms with Crippen LogP contribution in [0, 0.1) is 10.7 Å². The molecule has 0 fully saturated rings. The van der Waals surface area contributed by atoms with E-state index >= 15 is 0 Å². The monoisotopic (exact) mass is 213 g/mol. The van der Waals surface area contributed by atoms with Crippen LogP contribution >= 0.6 is 12.2 Å². The molecule has 4 heteroatoms. The van der Waals surface area contributed by atoms with E-state index in [9.17, 15) is 0 Å². The second kappa shape index (κ2) is 5.29. The van der Waals surface area contributed by atoms with Gasteiger partial charge in [0, 0.05) is 13.0 Å². The Labute approximate surface area is 90.5 Å². The Hall–Kier alpha value is -0.640. The number of rotatable bonds is 5. The summed E-state index contributed by atoms with van der Waals surface area (Å²) in [6.45, 7) is 7.58. The lowest BCUT2D eigenvalue weighted by atomic mass is 10.1. The van der Waals surface area contributed by atoms with E-state index in [4.69, 9.17) is 12.2 Å². The van der Waals surface area contributed by atoms with E-state index in [-0.39, 0.29) is 0 Å². The van der Waals surface area contributed by atoms with Gasteiger partial charge in [-0.2, -0.15) is 5.10 Å². The molecule has 14 heavy (non-hydrogen) atoms. The van der Waals surface area contributed by atoms with Gasteiger partial charge in [0.2, 0.25) is 0 Å². The zero-order valence-electron chi connectivity index (χ0n) is 9.21. The van der Waals surface area contributed by atoms with Crippen LogP contribution in [-0.2, 0) is 13.0 Å². The summed E-state index contributed by atoms with van der Waals surface area (Å²) in [6.07, 6.45) is 3.30. The topological polar surface area (TPSA) is 33.6 Å². The SMILES string of the molecule is CCCn1c(CC(C)CC)n[nH]c1=S. The predicted molar refractivity (Wildman–Crippen MR) is 60.9 cm³/mol. The Morgan fingerprint density at radius 3 is 2.79 bits per heavy atom. The van der Waals surface area contributed by atoms with E-state index in [1.54, 1.807) is 0 Å². The molecule has 0 saturated carbocycles. The molecule has 1 atom stereocenters. The van der Waals surface area contributed by atoms with E-state index in [0.29, 0.717) is 5.92 Å². The quantitative estimate of drug-likeness (QED) is 0.763. The standard InChI is InChI=1S/C10H19N3S/c1-4-6-13-9(7-8(3)5-2)11-12-10(13)14/h8H,4-7H2,1-3H3,(H,12,14). The second-order valence-electron chi connectivity index (χ2n) is 3.81. The van der Waals surface area contributed by atoms with Gasteiger partial charge >= 0.3 is 0 Å². The van der Waals surface area contributed by atoms with Gasteiger partial charge in [0.1, 0.15) is 5.82 Å². The van der Waals surface area contributed by atoms with Crippen molar-refractivity contribution in [3.8, 4) is 0 Å². The van der Waals surface area contributed by atoms with Crippen LogP contribution in [0.1, 0.15) is 39.4 Å². The molecule has 0 saturated heterocycles. The highest BCUT2D eigenvalue weighted by atomic mass is 32.1. The average Bonchev–Trinajstić information content (AvgIpc) is 2.50. The smallest absolute Gasteiger partial charge is 0.195 e. The summed E-state index contributed by atoms with van der Waals surface area (Å²) < 4.78 is 2.87. The number of H-pyrrole nitrogens is 1. The van der Waals surface area contributed by atoms with E-state index < -0.39 is 0 Å². The van der Waals surface area contributed by atoms with Gasteiger partial charge in [-0.1, -0.05) is 27.2 Å². The molecule has 0 spiro atoms. The predicted octanol–water partition coefficient (Wildman–Crippen LogP) is 2.94. The Morgan fingerprint density at radius 1 is 1.50 bits per heavy atom. The average molecular weight is 213 g/mol. The van der Waals surface area contributed by atoms with Crippen LogP contribution in [0.3, 0.4) is 0 Å². The molecule has 0 aliphatic heterocycles. The van der Waals surface area contributed by atoms with Gasteiger partial charge in [-0.05, 0) is 24.6 Å². The second-order valence-corrected chi connectivity index (χ2v) is 4.20. The highest BCUT2D eigenvalue weighted by Gasteiger charge is 2.08. The van der Waals surface area contributed by atoms with Crippen LogP contribution < -0.4 is 0 Å². The summed E-state index contributed by atoms with van der Waals surface area (Å²) in [5.74, 6) is 1.78. The minimum atomic E-state index is 0.677. The van der Waals surface area contributed by atoms with E-state index in [0.717, 1.165) is 30.0 Å². The van der Waals surface area contributed by atoms with E-state index in [2.05, 4.69) is 35.5 Å². The fraction of sp³-hybridized carbons (Fsp3) is 0.800. The Bertz CT molecular complexity index is 326. The normalized spacial score (nSPS) is 13.1. The van der Waals surface area contributed by atoms with Gasteiger partial charge in [0.05, 0.1) is 0 Å². The molecule has 0 aliphatic carbocycles. The van der Waals surface area contributed by atoms with Gasteiger partial charge in [0.15, 0.2) is 4.77 Å². The molecule has 3 nitrogen and oxygen atoms in total. The van der Waals surface area contributed by atoms with Crippen LogP contribution in [0.5, 0.6) is 0 Å². The molecule has 80 valence electrons. The molecular formula is C10H19N3S. The molecule has 1 aromatic rings. The zero-order valence-corrected chi connectivity index (χ0v) is 10.0. The molecule has 1 unspecified atom stereocenters. The number of nitrogens with zero attached hydrogens (tertiary/aromatic N) is 2. The summed E-state index contributed by atoms with van der Waals surface area (Å²) in [5.41, 5.74) is 0. The first kappa shape index (κ1) is 11.4. The first-order valence-corrected chi connectivity index (χ1v) is 5.73. The molecule has 0 aromatic carbocycles. The van der Waals surface area contributed by atoms with Crippen molar-refractivity contribution in [1.29, 1.82) is 0 Å². The molecule has 0 aliphatic rings. The molecule has 1 aromatic heterocycles. The van der Waals surface area contributed by atoms with Crippen molar-refractivity contribution < 1.29 is 0 Å². The molecule has 0 radical (unpaired) electrons. The third kappa shape index (κ3) is 2.67. The Kier molecular flexibility index (Phi) is 4.32. The zero-order chi connectivity index (χ0) is 10.6. The maximum absolute atomic E-state index is 5.17. The van der Waals surface area contributed by atoms with Crippen molar-refractivity contribution in [1.82, 2.24) is 14.8 Å². The van der Waals surface area contributed by atoms with Crippen LogP contribution in [0.15, 0.2) is 0 Å². The summed E-state index contributed by atoms with van der Waals surface area (Å²) >= 11 is 5.17. The number of hydrogen-bond donors (Lipinski definition) is 1. The largest absolute Gasteiger partial charge is 0.304 e. The van der Waals surface area contributed by atoms with Crippen molar-refractivity contribution in [3.63, 3.8) is 0 Å². The minimum Gasteiger partial charge on any atom is -0.304 e. The van der Waals surface area contributed by atoms with Gasteiger partial charge in [0.25, 0.3) is 0 Å². The van der Waals surface area contributed by atoms with Crippen LogP contribution in [0.2, 0.25) is 0 Å². The Balaban J connectivity index is 2.80. The van der Waals surface area contributed by atoms with Crippen LogP contribution in [0.4, 0.5) is 0 Å². The lowest BCUT2D eigenvalue weighted by Crippen LogP contribution is -2.08. The molecule has 1 rings (SSSR count). The molecule has 1 N–H and O–H groups in total. The van der Waals surface area contributed by atoms with Crippen molar-refractivity contribution >= 4 is 12.2 Å². The summed E-state index contributed by atoms with van der Waals surface area (Å²) in [4.78, 5) is 0. The maximum Gasteiger partial charge on any atom is 0.195 e. The lowest BCUT2D eigenvalue weighted by Gasteiger charge is -2.08. The number of hydrogen-bond acceptors (Lipinski definition) is 2. The Morgan fingerprint density at radius 2 is 2.21 bits per heavy atom. The van der Waals surface area contributed by atoms with Crippen molar-refractivity contribution in [3.05, 3.63) is 10.6 Å².